The first-order chi connectivity index (χ1) is 5.70. The van der Waals surface area contributed by atoms with Gasteiger partial charge in [0.05, 0.1) is 11.4 Å². The van der Waals surface area contributed by atoms with Crippen LogP contribution >= 0.6 is 0 Å². The Kier molecular flexibility index (Phi) is 2.58. The molecular formula is C10H16N2. The SMILES string of the molecule is CCc1ccc(N)c(N)c1CC. The van der Waals surface area contributed by atoms with Crippen LogP contribution in [0.25, 0.3) is 0 Å². The molecule has 2 heteroatoms. The second-order valence-electron chi connectivity index (χ2n) is 2.91. The van der Waals surface area contributed by atoms with E-state index in [1.807, 2.05) is 6.07 Å². The summed E-state index contributed by atoms with van der Waals surface area (Å²) in [6.07, 6.45) is 1.98. The molecule has 0 bridgehead atoms. The zero-order valence-corrected chi connectivity index (χ0v) is 7.72. The van der Waals surface area contributed by atoms with Gasteiger partial charge in [-0.25, -0.2) is 0 Å². The number of nitrogens with two attached hydrogens (primary N) is 2. The number of nitrogen functional groups attached to an aromatic ring is 2. The van der Waals surface area contributed by atoms with Crippen LogP contribution in [0.4, 0.5) is 11.4 Å². The molecule has 0 saturated carbocycles. The molecule has 0 unspecified atom stereocenters. The fourth-order valence-corrected chi connectivity index (χ4v) is 1.48. The lowest BCUT2D eigenvalue weighted by Crippen LogP contribution is -2.02. The molecule has 4 N–H and O–H groups in total. The summed E-state index contributed by atoms with van der Waals surface area (Å²) in [5.41, 5.74) is 15.5. The van der Waals surface area contributed by atoms with Gasteiger partial charge in [0.2, 0.25) is 0 Å². The van der Waals surface area contributed by atoms with Gasteiger partial charge in [-0.3, -0.25) is 0 Å². The number of hydrogen-bond acceptors (Lipinski definition) is 2. The monoisotopic (exact) mass is 164 g/mol. The highest BCUT2D eigenvalue weighted by molar-refractivity contribution is 5.69. The summed E-state index contributed by atoms with van der Waals surface area (Å²) >= 11 is 0. The first-order valence-electron chi connectivity index (χ1n) is 4.36. The Bertz CT molecular complexity index is 279. The molecule has 0 amide bonds. The van der Waals surface area contributed by atoms with Gasteiger partial charge < -0.3 is 11.5 Å². The van der Waals surface area contributed by atoms with Crippen LogP contribution in [0.3, 0.4) is 0 Å². The molecule has 66 valence electrons. The average molecular weight is 164 g/mol. The molecule has 0 aliphatic heterocycles. The molecule has 0 radical (unpaired) electrons. The summed E-state index contributed by atoms with van der Waals surface area (Å²) in [4.78, 5) is 0. The highest BCUT2D eigenvalue weighted by atomic mass is 14.7. The summed E-state index contributed by atoms with van der Waals surface area (Å²) in [7, 11) is 0. The lowest BCUT2D eigenvalue weighted by Gasteiger charge is -2.10. The number of anilines is 2. The number of rotatable bonds is 2. The molecule has 2 nitrogen and oxygen atoms in total. The molecule has 0 aromatic heterocycles. The molecule has 1 rings (SSSR count). The molecule has 1 aromatic rings. The first kappa shape index (κ1) is 8.91. The standard InChI is InChI=1S/C10H16N2/c1-3-7-5-6-9(11)10(12)8(7)4-2/h5-6H,3-4,11-12H2,1-2H3. The van der Waals surface area contributed by atoms with Crippen molar-refractivity contribution in [1.29, 1.82) is 0 Å². The van der Waals surface area contributed by atoms with Crippen LogP contribution in [0.2, 0.25) is 0 Å². The largest absolute Gasteiger partial charge is 0.397 e. The summed E-state index contributed by atoms with van der Waals surface area (Å²) in [6.45, 7) is 4.23. The fourth-order valence-electron chi connectivity index (χ4n) is 1.48. The van der Waals surface area contributed by atoms with Gasteiger partial charge in [0.25, 0.3) is 0 Å². The van der Waals surface area contributed by atoms with Gasteiger partial charge in [-0.2, -0.15) is 0 Å². The Morgan fingerprint density at radius 3 is 2.25 bits per heavy atom. The Morgan fingerprint density at radius 2 is 1.75 bits per heavy atom. The molecule has 0 heterocycles. The Labute approximate surface area is 73.6 Å². The van der Waals surface area contributed by atoms with Crippen molar-refractivity contribution < 1.29 is 0 Å². The quantitative estimate of drug-likeness (QED) is 0.657. The number of aryl methyl sites for hydroxylation is 1. The molecule has 0 atom stereocenters. The predicted molar refractivity (Wildman–Crippen MR) is 54.0 cm³/mol. The van der Waals surface area contributed by atoms with Crippen molar-refractivity contribution in [1.82, 2.24) is 0 Å². The van der Waals surface area contributed by atoms with Gasteiger partial charge in [0, 0.05) is 0 Å². The number of benzene rings is 1. The first-order valence-corrected chi connectivity index (χ1v) is 4.36. The van der Waals surface area contributed by atoms with Crippen LogP contribution < -0.4 is 11.5 Å². The van der Waals surface area contributed by atoms with E-state index in [0.717, 1.165) is 18.5 Å². The maximum Gasteiger partial charge on any atom is 0.0582 e. The van der Waals surface area contributed by atoms with Crippen molar-refractivity contribution in [3.05, 3.63) is 23.3 Å². The maximum atomic E-state index is 5.84. The van der Waals surface area contributed by atoms with E-state index in [0.29, 0.717) is 5.69 Å². The summed E-state index contributed by atoms with van der Waals surface area (Å²) in [6, 6.07) is 3.94. The molecular weight excluding hydrogens is 148 g/mol. The molecule has 0 aliphatic carbocycles. The van der Waals surface area contributed by atoms with E-state index in [1.165, 1.54) is 11.1 Å². The van der Waals surface area contributed by atoms with E-state index >= 15 is 0 Å². The van der Waals surface area contributed by atoms with Crippen LogP contribution in [0, 0.1) is 0 Å². The highest BCUT2D eigenvalue weighted by Gasteiger charge is 2.05. The third kappa shape index (κ3) is 1.37. The van der Waals surface area contributed by atoms with Crippen LogP contribution in [0.1, 0.15) is 25.0 Å². The molecule has 0 saturated heterocycles. The third-order valence-electron chi connectivity index (χ3n) is 2.22. The Balaban J connectivity index is 3.25. The van der Waals surface area contributed by atoms with E-state index in [-0.39, 0.29) is 0 Å². The molecule has 0 aliphatic rings. The van der Waals surface area contributed by atoms with Gasteiger partial charge in [-0.05, 0) is 30.0 Å². The van der Waals surface area contributed by atoms with Crippen molar-refractivity contribution in [3.63, 3.8) is 0 Å². The summed E-state index contributed by atoms with van der Waals surface area (Å²) in [5.74, 6) is 0. The van der Waals surface area contributed by atoms with Crippen LogP contribution in [0.15, 0.2) is 12.1 Å². The average Bonchev–Trinajstić information content (AvgIpc) is 2.09. The molecule has 12 heavy (non-hydrogen) atoms. The molecule has 0 spiro atoms. The second-order valence-corrected chi connectivity index (χ2v) is 2.91. The minimum atomic E-state index is 0.698. The van der Waals surface area contributed by atoms with Gasteiger partial charge in [-0.15, -0.1) is 0 Å². The van der Waals surface area contributed by atoms with Crippen LogP contribution in [0.5, 0.6) is 0 Å². The summed E-state index contributed by atoms with van der Waals surface area (Å²) in [5, 5.41) is 0. The van der Waals surface area contributed by atoms with Gasteiger partial charge in [-0.1, -0.05) is 19.9 Å². The second kappa shape index (κ2) is 3.48. The van der Waals surface area contributed by atoms with Crippen molar-refractivity contribution in [2.24, 2.45) is 0 Å². The van der Waals surface area contributed by atoms with Crippen LogP contribution in [-0.4, -0.2) is 0 Å². The highest BCUT2D eigenvalue weighted by Crippen LogP contribution is 2.24. The minimum absolute atomic E-state index is 0.698. The van der Waals surface area contributed by atoms with E-state index < -0.39 is 0 Å². The van der Waals surface area contributed by atoms with E-state index in [1.54, 1.807) is 0 Å². The van der Waals surface area contributed by atoms with Crippen molar-refractivity contribution in [2.75, 3.05) is 11.5 Å². The normalized spacial score (nSPS) is 10.2. The van der Waals surface area contributed by atoms with Gasteiger partial charge in [0.1, 0.15) is 0 Å². The van der Waals surface area contributed by atoms with Gasteiger partial charge in [0.15, 0.2) is 0 Å². The number of hydrogen-bond donors (Lipinski definition) is 2. The fraction of sp³-hybridized carbons (Fsp3) is 0.400. The smallest absolute Gasteiger partial charge is 0.0582 e. The van der Waals surface area contributed by atoms with Crippen molar-refractivity contribution in [3.8, 4) is 0 Å². The van der Waals surface area contributed by atoms with E-state index in [9.17, 15) is 0 Å². The zero-order chi connectivity index (χ0) is 9.14. The van der Waals surface area contributed by atoms with E-state index in [2.05, 4.69) is 19.9 Å². The Hall–Kier alpha value is -1.18. The predicted octanol–water partition coefficient (Wildman–Crippen LogP) is 1.98. The third-order valence-corrected chi connectivity index (χ3v) is 2.22. The summed E-state index contributed by atoms with van der Waals surface area (Å²) < 4.78 is 0. The lowest BCUT2D eigenvalue weighted by molar-refractivity contribution is 1.04. The van der Waals surface area contributed by atoms with Gasteiger partial charge >= 0.3 is 0 Å². The Morgan fingerprint density at radius 1 is 1.08 bits per heavy atom. The zero-order valence-electron chi connectivity index (χ0n) is 7.72. The van der Waals surface area contributed by atoms with E-state index in [4.69, 9.17) is 11.5 Å². The minimum Gasteiger partial charge on any atom is -0.397 e. The van der Waals surface area contributed by atoms with Crippen molar-refractivity contribution in [2.45, 2.75) is 26.7 Å². The topological polar surface area (TPSA) is 52.0 Å². The lowest BCUT2D eigenvalue weighted by atomic mass is 10.0. The van der Waals surface area contributed by atoms with Crippen molar-refractivity contribution >= 4 is 11.4 Å². The molecule has 1 aromatic carbocycles. The maximum absolute atomic E-state index is 5.84. The van der Waals surface area contributed by atoms with Crippen LogP contribution in [-0.2, 0) is 12.8 Å². The molecule has 0 fully saturated rings.